The molecule has 0 bridgehead atoms. The largest absolute Gasteiger partial charge is 0.468 e. The zero-order valence-corrected chi connectivity index (χ0v) is 15.1. The molecular formula is C20H26O5. The highest BCUT2D eigenvalue weighted by Gasteiger charge is 2.73. The van der Waals surface area contributed by atoms with Crippen LogP contribution in [-0.4, -0.2) is 25.2 Å². The maximum Gasteiger partial charge on any atom is 0.323 e. The van der Waals surface area contributed by atoms with Crippen molar-refractivity contribution in [3.8, 4) is 0 Å². The molecule has 0 N–H and O–H groups in total. The van der Waals surface area contributed by atoms with Gasteiger partial charge in [-0.15, -0.1) is 0 Å². The first-order valence-electron chi connectivity index (χ1n) is 9.51. The predicted molar refractivity (Wildman–Crippen MR) is 90.1 cm³/mol. The van der Waals surface area contributed by atoms with Gasteiger partial charge in [-0.05, 0) is 75.8 Å². The van der Waals surface area contributed by atoms with Crippen molar-refractivity contribution in [2.45, 2.75) is 64.2 Å². The number of aryl methyl sites for hydroxylation is 1. The topological polar surface area (TPSA) is 65.7 Å². The van der Waals surface area contributed by atoms with Gasteiger partial charge in [0.2, 0.25) is 0 Å². The lowest BCUT2D eigenvalue weighted by atomic mass is 9.79. The summed E-state index contributed by atoms with van der Waals surface area (Å²) in [6.07, 6.45) is 8.36. The van der Waals surface area contributed by atoms with E-state index in [1.54, 1.807) is 13.8 Å². The number of rotatable bonds is 5. The molecule has 0 aromatic carbocycles. The number of hydrogen-bond acceptors (Lipinski definition) is 5. The molecule has 4 rings (SSSR count). The first-order chi connectivity index (χ1) is 12.1. The van der Waals surface area contributed by atoms with Crippen molar-refractivity contribution in [3.63, 3.8) is 0 Å². The summed E-state index contributed by atoms with van der Waals surface area (Å²) in [7, 11) is 0. The number of hydrogen-bond donors (Lipinski definition) is 0. The fraction of sp³-hybridized carbons (Fsp3) is 0.700. The van der Waals surface area contributed by atoms with Gasteiger partial charge in [0.05, 0.1) is 19.5 Å². The molecule has 136 valence electrons. The highest BCUT2D eigenvalue weighted by atomic mass is 16.6. The summed E-state index contributed by atoms with van der Waals surface area (Å²) in [6.45, 7) is 4.08. The minimum atomic E-state index is -1.16. The van der Waals surface area contributed by atoms with E-state index in [1.807, 2.05) is 6.26 Å². The van der Waals surface area contributed by atoms with Crippen LogP contribution >= 0.6 is 0 Å². The summed E-state index contributed by atoms with van der Waals surface area (Å²) in [4.78, 5) is 25.4. The van der Waals surface area contributed by atoms with E-state index >= 15 is 0 Å². The summed E-state index contributed by atoms with van der Waals surface area (Å²) in [6, 6.07) is 0. The quantitative estimate of drug-likeness (QED) is 0.604. The van der Waals surface area contributed by atoms with Gasteiger partial charge < -0.3 is 13.9 Å². The van der Waals surface area contributed by atoms with Crippen LogP contribution in [0.25, 0.3) is 0 Å². The highest BCUT2D eigenvalue weighted by molar-refractivity contribution is 6.01. The van der Waals surface area contributed by atoms with Crippen LogP contribution in [0.2, 0.25) is 0 Å². The Kier molecular flexibility index (Phi) is 3.93. The molecule has 2 saturated carbocycles. The van der Waals surface area contributed by atoms with Crippen molar-refractivity contribution in [1.29, 1.82) is 0 Å². The predicted octanol–water partition coefficient (Wildman–Crippen LogP) is 3.32. The van der Waals surface area contributed by atoms with Gasteiger partial charge in [-0.25, -0.2) is 0 Å². The lowest BCUT2D eigenvalue weighted by molar-refractivity contribution is -0.172. The number of esters is 2. The molecule has 1 heterocycles. The first kappa shape index (κ1) is 16.7. The molecule has 0 spiro atoms. The fourth-order valence-electron chi connectivity index (χ4n) is 5.12. The molecule has 1 aromatic rings. The van der Waals surface area contributed by atoms with Crippen molar-refractivity contribution >= 4 is 11.9 Å². The standard InChI is InChI=1S/C20H26O5/c1-3-23-17(21)20(18(22)24-4-2)10-14-9-19(14,12-20)16-15-8-6-5-7-13(15)11-25-16/h11,14H,3-10,12H2,1-2H3. The van der Waals surface area contributed by atoms with E-state index in [-0.39, 0.29) is 18.6 Å². The SMILES string of the molecule is CCOC(=O)C1(C(=O)OCC)CC2CC2(c2occ3c2CCCC3)C1. The smallest absolute Gasteiger partial charge is 0.323 e. The normalized spacial score (nSPS) is 28.8. The number of carbonyl (C=O) groups is 2. The van der Waals surface area contributed by atoms with Crippen LogP contribution in [0.4, 0.5) is 0 Å². The van der Waals surface area contributed by atoms with Crippen LogP contribution in [0.5, 0.6) is 0 Å². The fourth-order valence-corrected chi connectivity index (χ4v) is 5.12. The van der Waals surface area contributed by atoms with Crippen molar-refractivity contribution in [2.75, 3.05) is 13.2 Å². The van der Waals surface area contributed by atoms with Crippen LogP contribution < -0.4 is 0 Å². The Balaban J connectivity index is 1.67. The van der Waals surface area contributed by atoms with E-state index in [2.05, 4.69) is 0 Å². The average Bonchev–Trinajstić information content (AvgIpc) is 2.97. The van der Waals surface area contributed by atoms with Gasteiger partial charge in [0.15, 0.2) is 5.41 Å². The van der Waals surface area contributed by atoms with E-state index in [9.17, 15) is 9.59 Å². The third-order valence-corrected chi connectivity index (χ3v) is 6.33. The summed E-state index contributed by atoms with van der Waals surface area (Å²) in [5.74, 6) is 0.474. The van der Waals surface area contributed by atoms with Gasteiger partial charge >= 0.3 is 11.9 Å². The molecule has 2 fully saturated rings. The molecule has 0 aliphatic heterocycles. The van der Waals surface area contributed by atoms with Crippen LogP contribution in [0.1, 0.15) is 62.8 Å². The summed E-state index contributed by atoms with van der Waals surface area (Å²) in [5, 5.41) is 0. The Morgan fingerprint density at radius 3 is 2.48 bits per heavy atom. The molecule has 1 aromatic heterocycles. The Morgan fingerprint density at radius 1 is 1.12 bits per heavy atom. The summed E-state index contributed by atoms with van der Waals surface area (Å²) >= 11 is 0. The second kappa shape index (κ2) is 5.89. The van der Waals surface area contributed by atoms with E-state index in [0.29, 0.717) is 18.8 Å². The van der Waals surface area contributed by atoms with Crippen LogP contribution in [-0.2, 0) is 37.3 Å². The Labute approximate surface area is 148 Å². The minimum Gasteiger partial charge on any atom is -0.468 e. The Bertz CT molecular complexity index is 685. The van der Waals surface area contributed by atoms with Crippen LogP contribution in [0.3, 0.4) is 0 Å². The lowest BCUT2D eigenvalue weighted by Gasteiger charge is -2.27. The van der Waals surface area contributed by atoms with E-state index < -0.39 is 17.4 Å². The lowest BCUT2D eigenvalue weighted by Crippen LogP contribution is -2.42. The summed E-state index contributed by atoms with van der Waals surface area (Å²) < 4.78 is 16.6. The number of furan rings is 1. The second-order valence-corrected chi connectivity index (χ2v) is 7.74. The molecule has 3 aliphatic carbocycles. The van der Waals surface area contributed by atoms with E-state index in [4.69, 9.17) is 13.9 Å². The number of ether oxygens (including phenoxy) is 2. The number of fused-ring (bicyclic) bond motifs is 2. The van der Waals surface area contributed by atoms with Crippen LogP contribution in [0, 0.1) is 11.3 Å². The molecular weight excluding hydrogens is 320 g/mol. The maximum absolute atomic E-state index is 12.7. The van der Waals surface area contributed by atoms with Crippen molar-refractivity contribution in [2.24, 2.45) is 11.3 Å². The molecule has 25 heavy (non-hydrogen) atoms. The molecule has 2 unspecified atom stereocenters. The zero-order chi connectivity index (χ0) is 17.7. The van der Waals surface area contributed by atoms with Crippen molar-refractivity contribution in [1.82, 2.24) is 0 Å². The van der Waals surface area contributed by atoms with Gasteiger partial charge in [-0.3, -0.25) is 9.59 Å². The first-order valence-corrected chi connectivity index (χ1v) is 9.51. The molecule has 3 aliphatic rings. The summed E-state index contributed by atoms with van der Waals surface area (Å²) in [5.41, 5.74) is 1.30. The van der Waals surface area contributed by atoms with E-state index in [1.165, 1.54) is 24.0 Å². The highest BCUT2D eigenvalue weighted by Crippen LogP contribution is 2.71. The molecule has 0 radical (unpaired) electrons. The number of carbonyl (C=O) groups excluding carboxylic acids is 2. The van der Waals surface area contributed by atoms with Gasteiger partial charge in [-0.2, -0.15) is 0 Å². The van der Waals surface area contributed by atoms with Crippen LogP contribution in [0.15, 0.2) is 10.7 Å². The zero-order valence-electron chi connectivity index (χ0n) is 15.1. The second-order valence-electron chi connectivity index (χ2n) is 7.74. The molecule has 0 saturated heterocycles. The van der Waals surface area contributed by atoms with Gasteiger partial charge in [0.25, 0.3) is 0 Å². The molecule has 5 nitrogen and oxygen atoms in total. The average molecular weight is 346 g/mol. The monoisotopic (exact) mass is 346 g/mol. The van der Waals surface area contributed by atoms with Gasteiger partial charge in [0, 0.05) is 5.41 Å². The minimum absolute atomic E-state index is 0.176. The Morgan fingerprint density at radius 2 is 1.80 bits per heavy atom. The molecule has 2 atom stereocenters. The Hall–Kier alpha value is -1.78. The maximum atomic E-state index is 12.7. The third-order valence-electron chi connectivity index (χ3n) is 6.33. The van der Waals surface area contributed by atoms with Crippen molar-refractivity contribution < 1.29 is 23.5 Å². The van der Waals surface area contributed by atoms with Gasteiger partial charge in [0.1, 0.15) is 5.76 Å². The van der Waals surface area contributed by atoms with E-state index in [0.717, 1.165) is 25.0 Å². The van der Waals surface area contributed by atoms with Crippen molar-refractivity contribution in [3.05, 3.63) is 23.2 Å². The molecule has 5 heteroatoms. The van der Waals surface area contributed by atoms with Gasteiger partial charge in [-0.1, -0.05) is 0 Å². The molecule has 0 amide bonds. The third kappa shape index (κ3) is 2.35.